The van der Waals surface area contributed by atoms with E-state index in [1.807, 2.05) is 17.9 Å². The number of carboxylic acids is 1. The average Bonchev–Trinajstić information content (AvgIpc) is 2.04. The van der Waals surface area contributed by atoms with Crippen molar-refractivity contribution in [1.82, 2.24) is 4.90 Å². The lowest BCUT2D eigenvalue weighted by Crippen LogP contribution is -2.31. The standard InChI is InChI=1S/C9H16N2O2/c1-2-6-11(8-9(12)13)7-4-3-5-10/h2-4,6-8H2,1H3,(H,12,13). The molecule has 4 heteroatoms. The second kappa shape index (κ2) is 7.56. The first-order chi connectivity index (χ1) is 6.20. The largest absolute Gasteiger partial charge is 0.480 e. The van der Waals surface area contributed by atoms with Crippen molar-refractivity contribution in [2.45, 2.75) is 26.2 Å². The molecule has 0 aromatic heterocycles. The van der Waals surface area contributed by atoms with Gasteiger partial charge in [-0.25, -0.2) is 0 Å². The number of nitrogens with zero attached hydrogens (tertiary/aromatic N) is 2. The van der Waals surface area contributed by atoms with Gasteiger partial charge in [-0.15, -0.1) is 0 Å². The third-order valence-electron chi connectivity index (χ3n) is 1.66. The highest BCUT2D eigenvalue weighted by molar-refractivity contribution is 5.69. The molecule has 0 atom stereocenters. The fraction of sp³-hybridized carbons (Fsp3) is 0.778. The molecular formula is C9H16N2O2. The highest BCUT2D eigenvalue weighted by Crippen LogP contribution is 1.96. The van der Waals surface area contributed by atoms with Gasteiger partial charge in [0, 0.05) is 6.42 Å². The summed E-state index contributed by atoms with van der Waals surface area (Å²) in [5.41, 5.74) is 0. The first kappa shape index (κ1) is 11.9. The van der Waals surface area contributed by atoms with E-state index in [9.17, 15) is 4.79 Å². The zero-order valence-electron chi connectivity index (χ0n) is 7.99. The maximum Gasteiger partial charge on any atom is 0.317 e. The Morgan fingerprint density at radius 1 is 1.54 bits per heavy atom. The summed E-state index contributed by atoms with van der Waals surface area (Å²) in [4.78, 5) is 12.3. The zero-order valence-corrected chi connectivity index (χ0v) is 7.99. The molecular weight excluding hydrogens is 168 g/mol. The van der Waals surface area contributed by atoms with Crippen LogP contribution < -0.4 is 0 Å². The number of hydrogen-bond acceptors (Lipinski definition) is 3. The lowest BCUT2D eigenvalue weighted by atomic mass is 10.3. The van der Waals surface area contributed by atoms with E-state index >= 15 is 0 Å². The quantitative estimate of drug-likeness (QED) is 0.601. The second-order valence-corrected chi connectivity index (χ2v) is 2.93. The van der Waals surface area contributed by atoms with Crippen LogP contribution in [0.2, 0.25) is 0 Å². The average molecular weight is 184 g/mol. The number of aliphatic carboxylic acids is 1. The summed E-state index contributed by atoms with van der Waals surface area (Å²) in [5, 5.41) is 16.9. The Morgan fingerprint density at radius 2 is 2.23 bits per heavy atom. The molecule has 0 saturated carbocycles. The summed E-state index contributed by atoms with van der Waals surface area (Å²) < 4.78 is 0. The minimum atomic E-state index is -0.801. The van der Waals surface area contributed by atoms with Crippen molar-refractivity contribution in [3.8, 4) is 6.07 Å². The van der Waals surface area contributed by atoms with Crippen LogP contribution in [0.1, 0.15) is 26.2 Å². The number of hydrogen-bond donors (Lipinski definition) is 1. The number of rotatable bonds is 7. The van der Waals surface area contributed by atoms with Gasteiger partial charge in [0.05, 0.1) is 12.6 Å². The van der Waals surface area contributed by atoms with E-state index in [2.05, 4.69) is 0 Å². The molecule has 0 heterocycles. The molecule has 0 aliphatic rings. The van der Waals surface area contributed by atoms with Gasteiger partial charge in [0.2, 0.25) is 0 Å². The summed E-state index contributed by atoms with van der Waals surface area (Å²) in [5.74, 6) is -0.801. The summed E-state index contributed by atoms with van der Waals surface area (Å²) in [7, 11) is 0. The van der Waals surface area contributed by atoms with Crippen LogP contribution in [0.3, 0.4) is 0 Å². The number of carbonyl (C=O) groups is 1. The fourth-order valence-electron chi connectivity index (χ4n) is 1.16. The monoisotopic (exact) mass is 184 g/mol. The summed E-state index contributed by atoms with van der Waals surface area (Å²) in [6, 6.07) is 2.04. The highest BCUT2D eigenvalue weighted by Gasteiger charge is 2.07. The molecule has 0 radical (unpaired) electrons. The minimum Gasteiger partial charge on any atom is -0.480 e. The van der Waals surface area contributed by atoms with Crippen LogP contribution in [0.15, 0.2) is 0 Å². The zero-order chi connectivity index (χ0) is 10.1. The molecule has 1 N–H and O–H groups in total. The minimum absolute atomic E-state index is 0.0826. The SMILES string of the molecule is CCCN(CCCC#N)CC(=O)O. The molecule has 0 rings (SSSR count). The van der Waals surface area contributed by atoms with E-state index in [1.165, 1.54) is 0 Å². The van der Waals surface area contributed by atoms with Crippen LogP contribution in [0.25, 0.3) is 0 Å². The Bertz CT molecular complexity index is 187. The van der Waals surface area contributed by atoms with E-state index < -0.39 is 5.97 Å². The first-order valence-electron chi connectivity index (χ1n) is 4.51. The third kappa shape index (κ3) is 7.29. The van der Waals surface area contributed by atoms with Crippen LogP contribution in [-0.4, -0.2) is 35.6 Å². The van der Waals surface area contributed by atoms with Gasteiger partial charge in [-0.1, -0.05) is 6.92 Å². The maximum absolute atomic E-state index is 10.4. The lowest BCUT2D eigenvalue weighted by Gasteiger charge is -2.18. The van der Waals surface area contributed by atoms with Crippen LogP contribution in [0.4, 0.5) is 0 Å². The summed E-state index contributed by atoms with van der Waals surface area (Å²) >= 11 is 0. The Hall–Kier alpha value is -1.08. The number of unbranched alkanes of at least 4 members (excludes halogenated alkanes) is 1. The van der Waals surface area contributed by atoms with Crippen molar-refractivity contribution in [3.63, 3.8) is 0 Å². The Morgan fingerprint density at radius 3 is 2.69 bits per heavy atom. The molecule has 0 aromatic carbocycles. The molecule has 0 bridgehead atoms. The maximum atomic E-state index is 10.4. The molecule has 74 valence electrons. The smallest absolute Gasteiger partial charge is 0.317 e. The summed E-state index contributed by atoms with van der Waals surface area (Å²) in [6.07, 6.45) is 2.20. The highest BCUT2D eigenvalue weighted by atomic mass is 16.4. The molecule has 0 saturated heterocycles. The van der Waals surface area contributed by atoms with Crippen molar-refractivity contribution in [1.29, 1.82) is 5.26 Å². The van der Waals surface area contributed by atoms with E-state index in [1.54, 1.807) is 0 Å². The van der Waals surface area contributed by atoms with Crippen LogP contribution in [-0.2, 0) is 4.79 Å². The van der Waals surface area contributed by atoms with Crippen molar-refractivity contribution < 1.29 is 9.90 Å². The fourth-order valence-corrected chi connectivity index (χ4v) is 1.16. The van der Waals surface area contributed by atoms with Crippen LogP contribution >= 0.6 is 0 Å². The van der Waals surface area contributed by atoms with Gasteiger partial charge in [0.25, 0.3) is 0 Å². The van der Waals surface area contributed by atoms with Crippen molar-refractivity contribution in [2.75, 3.05) is 19.6 Å². The Labute approximate surface area is 78.8 Å². The van der Waals surface area contributed by atoms with E-state index in [0.29, 0.717) is 13.0 Å². The van der Waals surface area contributed by atoms with Gasteiger partial charge >= 0.3 is 5.97 Å². The normalized spacial score (nSPS) is 9.92. The topological polar surface area (TPSA) is 64.3 Å². The van der Waals surface area contributed by atoms with Gasteiger partial charge in [-0.2, -0.15) is 5.26 Å². The van der Waals surface area contributed by atoms with Gasteiger partial charge < -0.3 is 5.11 Å². The second-order valence-electron chi connectivity index (χ2n) is 2.93. The van der Waals surface area contributed by atoms with Crippen molar-refractivity contribution >= 4 is 5.97 Å². The summed E-state index contributed by atoms with van der Waals surface area (Å²) in [6.45, 7) is 3.59. The van der Waals surface area contributed by atoms with E-state index in [0.717, 1.165) is 19.4 Å². The molecule has 0 spiro atoms. The van der Waals surface area contributed by atoms with Gasteiger partial charge in [0.15, 0.2) is 0 Å². The molecule has 0 aliphatic heterocycles. The molecule has 0 amide bonds. The molecule has 0 aromatic rings. The lowest BCUT2D eigenvalue weighted by molar-refractivity contribution is -0.138. The molecule has 0 aliphatic carbocycles. The van der Waals surface area contributed by atoms with Gasteiger partial charge in [-0.05, 0) is 25.9 Å². The predicted octanol–water partition coefficient (Wildman–Crippen LogP) is 1.09. The Balaban J connectivity index is 3.67. The molecule has 0 unspecified atom stereocenters. The Kier molecular flexibility index (Phi) is 6.93. The van der Waals surface area contributed by atoms with Crippen molar-refractivity contribution in [3.05, 3.63) is 0 Å². The van der Waals surface area contributed by atoms with Gasteiger partial charge in [-0.3, -0.25) is 9.69 Å². The van der Waals surface area contributed by atoms with Crippen LogP contribution in [0.5, 0.6) is 0 Å². The third-order valence-corrected chi connectivity index (χ3v) is 1.66. The predicted molar refractivity (Wildman–Crippen MR) is 49.2 cm³/mol. The van der Waals surface area contributed by atoms with Crippen molar-refractivity contribution in [2.24, 2.45) is 0 Å². The van der Waals surface area contributed by atoms with E-state index in [4.69, 9.17) is 10.4 Å². The number of nitriles is 1. The molecule has 4 nitrogen and oxygen atoms in total. The molecule has 0 fully saturated rings. The molecule has 13 heavy (non-hydrogen) atoms. The number of carboxylic acid groups (broad SMARTS) is 1. The van der Waals surface area contributed by atoms with Gasteiger partial charge in [0.1, 0.15) is 0 Å². The van der Waals surface area contributed by atoms with Crippen LogP contribution in [0, 0.1) is 11.3 Å². The van der Waals surface area contributed by atoms with E-state index in [-0.39, 0.29) is 6.54 Å². The first-order valence-corrected chi connectivity index (χ1v) is 4.51.